The molecule has 3 nitrogen and oxygen atoms in total. The third kappa shape index (κ3) is 0.906. The molecule has 0 fully saturated rings. The van der Waals surface area contributed by atoms with Crippen molar-refractivity contribution in [1.29, 1.82) is 0 Å². The van der Waals surface area contributed by atoms with E-state index in [0.29, 0.717) is 5.82 Å². The Morgan fingerprint density at radius 1 is 1.42 bits per heavy atom. The van der Waals surface area contributed by atoms with Gasteiger partial charge in [-0.2, -0.15) is 0 Å². The van der Waals surface area contributed by atoms with Gasteiger partial charge < -0.3 is 15.5 Å². The molecular formula is C9H10N2O. The lowest BCUT2D eigenvalue weighted by atomic mass is 10.2. The minimum atomic E-state index is 0.662. The van der Waals surface area contributed by atoms with Gasteiger partial charge in [-0.25, -0.2) is 0 Å². The van der Waals surface area contributed by atoms with Gasteiger partial charge in [-0.3, -0.25) is 0 Å². The summed E-state index contributed by atoms with van der Waals surface area (Å²) in [6.45, 7) is 0. The van der Waals surface area contributed by atoms with Crippen molar-refractivity contribution in [2.24, 2.45) is 0 Å². The molecule has 0 aliphatic heterocycles. The predicted molar refractivity (Wildman–Crippen MR) is 49.3 cm³/mol. The first-order chi connectivity index (χ1) is 5.81. The highest BCUT2D eigenvalue weighted by Gasteiger charge is 2.02. The highest BCUT2D eigenvalue weighted by Crippen LogP contribution is 2.25. The molecule has 0 radical (unpaired) electrons. The number of methoxy groups -OCH3 is 1. The number of anilines is 1. The van der Waals surface area contributed by atoms with Gasteiger partial charge in [0.1, 0.15) is 11.6 Å². The molecule has 2 rings (SSSR count). The molecule has 1 heterocycles. The molecule has 0 saturated heterocycles. The van der Waals surface area contributed by atoms with E-state index in [1.807, 2.05) is 24.3 Å². The summed E-state index contributed by atoms with van der Waals surface area (Å²) in [7, 11) is 1.64. The molecule has 1 aromatic heterocycles. The number of hydrogen-bond acceptors (Lipinski definition) is 2. The Hall–Kier alpha value is -1.64. The van der Waals surface area contributed by atoms with Crippen LogP contribution in [0.25, 0.3) is 10.9 Å². The van der Waals surface area contributed by atoms with Crippen molar-refractivity contribution in [3.8, 4) is 5.75 Å². The van der Waals surface area contributed by atoms with E-state index in [1.54, 1.807) is 7.11 Å². The van der Waals surface area contributed by atoms with Crippen LogP contribution in [-0.4, -0.2) is 12.1 Å². The van der Waals surface area contributed by atoms with Crippen LogP contribution in [0, 0.1) is 0 Å². The van der Waals surface area contributed by atoms with Gasteiger partial charge in [0.15, 0.2) is 0 Å². The van der Waals surface area contributed by atoms with Crippen molar-refractivity contribution < 1.29 is 4.74 Å². The third-order valence-electron chi connectivity index (χ3n) is 1.86. The van der Waals surface area contributed by atoms with Crippen molar-refractivity contribution in [2.45, 2.75) is 0 Å². The van der Waals surface area contributed by atoms with Crippen molar-refractivity contribution in [2.75, 3.05) is 12.8 Å². The second-order valence-electron chi connectivity index (χ2n) is 2.65. The highest BCUT2D eigenvalue weighted by atomic mass is 16.5. The molecule has 0 aliphatic rings. The minimum absolute atomic E-state index is 0.662. The summed E-state index contributed by atoms with van der Waals surface area (Å²) in [6.07, 6.45) is 0. The average molecular weight is 162 g/mol. The number of fused-ring (bicyclic) bond motifs is 1. The van der Waals surface area contributed by atoms with Gasteiger partial charge in [0.05, 0.1) is 12.6 Å². The largest absolute Gasteiger partial charge is 0.495 e. The summed E-state index contributed by atoms with van der Waals surface area (Å²) in [5.41, 5.74) is 6.56. The normalized spacial score (nSPS) is 10.4. The molecule has 0 bridgehead atoms. The van der Waals surface area contributed by atoms with Gasteiger partial charge in [-0.05, 0) is 12.1 Å². The summed E-state index contributed by atoms with van der Waals surface area (Å²) < 4.78 is 5.15. The third-order valence-corrected chi connectivity index (χ3v) is 1.86. The average Bonchev–Trinajstić information content (AvgIpc) is 2.44. The first-order valence-corrected chi connectivity index (χ1v) is 3.72. The van der Waals surface area contributed by atoms with E-state index in [9.17, 15) is 0 Å². The Bertz CT molecular complexity index is 406. The van der Waals surface area contributed by atoms with Crippen molar-refractivity contribution in [3.05, 3.63) is 24.3 Å². The lowest BCUT2D eigenvalue weighted by molar-refractivity contribution is 0.419. The Morgan fingerprint density at radius 2 is 2.25 bits per heavy atom. The number of rotatable bonds is 1. The summed E-state index contributed by atoms with van der Waals surface area (Å²) >= 11 is 0. The van der Waals surface area contributed by atoms with Crippen LogP contribution in [0.2, 0.25) is 0 Å². The van der Waals surface area contributed by atoms with Crippen LogP contribution in [0.15, 0.2) is 24.3 Å². The zero-order valence-corrected chi connectivity index (χ0v) is 6.79. The number of H-pyrrole nitrogens is 1. The number of ether oxygens (including phenoxy) is 1. The Labute approximate surface area is 70.1 Å². The molecule has 1 aromatic carbocycles. The molecule has 0 spiro atoms. The lowest BCUT2D eigenvalue weighted by Gasteiger charge is -1.99. The van der Waals surface area contributed by atoms with Gasteiger partial charge in [-0.15, -0.1) is 0 Å². The van der Waals surface area contributed by atoms with Crippen LogP contribution in [-0.2, 0) is 0 Å². The van der Waals surface area contributed by atoms with Gasteiger partial charge in [-0.1, -0.05) is 12.1 Å². The number of nitrogens with one attached hydrogen (secondary N) is 1. The van der Waals surface area contributed by atoms with Crippen LogP contribution < -0.4 is 10.5 Å². The molecule has 0 saturated carbocycles. The topological polar surface area (TPSA) is 51.0 Å². The van der Waals surface area contributed by atoms with E-state index < -0.39 is 0 Å². The smallest absolute Gasteiger partial charge is 0.142 e. The molecule has 0 unspecified atom stereocenters. The van der Waals surface area contributed by atoms with E-state index in [4.69, 9.17) is 10.5 Å². The summed E-state index contributed by atoms with van der Waals surface area (Å²) in [5, 5.41) is 1.08. The second kappa shape index (κ2) is 2.44. The zero-order chi connectivity index (χ0) is 8.55. The predicted octanol–water partition coefficient (Wildman–Crippen LogP) is 1.76. The summed E-state index contributed by atoms with van der Waals surface area (Å²) in [4.78, 5) is 3.03. The summed E-state index contributed by atoms with van der Waals surface area (Å²) in [5.74, 6) is 1.48. The molecule has 3 heteroatoms. The Balaban J connectivity index is 2.78. The van der Waals surface area contributed by atoms with E-state index in [1.165, 1.54) is 0 Å². The SMILES string of the molecule is COc1cccc2cc(N)[nH]c12. The maximum atomic E-state index is 5.60. The number of aromatic amines is 1. The fourth-order valence-corrected chi connectivity index (χ4v) is 1.32. The molecular weight excluding hydrogens is 152 g/mol. The van der Waals surface area contributed by atoms with Gasteiger partial charge >= 0.3 is 0 Å². The Morgan fingerprint density at radius 3 is 3.00 bits per heavy atom. The minimum Gasteiger partial charge on any atom is -0.495 e. The number of nitrogen functional groups attached to an aromatic ring is 1. The second-order valence-corrected chi connectivity index (χ2v) is 2.65. The number of benzene rings is 1. The zero-order valence-electron chi connectivity index (χ0n) is 6.79. The lowest BCUT2D eigenvalue weighted by Crippen LogP contribution is -1.84. The van der Waals surface area contributed by atoms with Crippen LogP contribution in [0.1, 0.15) is 0 Å². The van der Waals surface area contributed by atoms with Crippen LogP contribution in [0.5, 0.6) is 5.75 Å². The quantitative estimate of drug-likeness (QED) is 0.671. The number of aromatic nitrogens is 1. The molecule has 62 valence electrons. The molecule has 3 N–H and O–H groups in total. The molecule has 0 amide bonds. The van der Waals surface area contributed by atoms with E-state index >= 15 is 0 Å². The van der Waals surface area contributed by atoms with Crippen LogP contribution in [0.3, 0.4) is 0 Å². The number of nitrogens with two attached hydrogens (primary N) is 1. The van der Waals surface area contributed by atoms with Crippen molar-refractivity contribution >= 4 is 16.7 Å². The Kier molecular flexibility index (Phi) is 1.43. The molecule has 0 atom stereocenters. The van der Waals surface area contributed by atoms with Crippen LogP contribution >= 0.6 is 0 Å². The number of hydrogen-bond donors (Lipinski definition) is 2. The first kappa shape index (κ1) is 7.03. The van der Waals surface area contributed by atoms with Gasteiger partial charge in [0, 0.05) is 5.39 Å². The van der Waals surface area contributed by atoms with Gasteiger partial charge in [0.25, 0.3) is 0 Å². The van der Waals surface area contributed by atoms with Crippen molar-refractivity contribution in [3.63, 3.8) is 0 Å². The fraction of sp³-hybridized carbons (Fsp3) is 0.111. The standard InChI is InChI=1S/C9H10N2O/c1-12-7-4-2-3-6-5-8(10)11-9(6)7/h2-5,11H,10H2,1H3. The maximum Gasteiger partial charge on any atom is 0.142 e. The maximum absolute atomic E-state index is 5.60. The van der Waals surface area contributed by atoms with E-state index in [0.717, 1.165) is 16.7 Å². The molecule has 0 aliphatic carbocycles. The fourth-order valence-electron chi connectivity index (χ4n) is 1.32. The van der Waals surface area contributed by atoms with E-state index in [-0.39, 0.29) is 0 Å². The highest BCUT2D eigenvalue weighted by molar-refractivity contribution is 5.88. The number of para-hydroxylation sites is 1. The first-order valence-electron chi connectivity index (χ1n) is 3.72. The summed E-state index contributed by atoms with van der Waals surface area (Å²) in [6, 6.07) is 7.72. The van der Waals surface area contributed by atoms with E-state index in [2.05, 4.69) is 4.98 Å². The van der Waals surface area contributed by atoms with Gasteiger partial charge in [0.2, 0.25) is 0 Å². The monoisotopic (exact) mass is 162 g/mol. The van der Waals surface area contributed by atoms with Crippen molar-refractivity contribution in [1.82, 2.24) is 4.98 Å². The van der Waals surface area contributed by atoms with Crippen LogP contribution in [0.4, 0.5) is 5.82 Å². The molecule has 12 heavy (non-hydrogen) atoms. The molecule has 2 aromatic rings.